The van der Waals surface area contributed by atoms with Gasteiger partial charge in [-0.2, -0.15) is 12.6 Å². The number of hydrogen-bond acceptors (Lipinski definition) is 2. The van der Waals surface area contributed by atoms with E-state index >= 15 is 0 Å². The second kappa shape index (κ2) is 12.8. The van der Waals surface area contributed by atoms with Crippen LogP contribution in [0.4, 0.5) is 0 Å². The maximum Gasteiger partial charge on any atom is 0.116 e. The van der Waals surface area contributed by atoms with E-state index in [4.69, 9.17) is 4.79 Å². The molecule has 2 aromatic rings. The fourth-order valence-electron chi connectivity index (χ4n) is 1.22. The van der Waals surface area contributed by atoms with Crippen LogP contribution in [0, 0.1) is 6.92 Å². The van der Waals surface area contributed by atoms with Crippen LogP contribution in [0.15, 0.2) is 30.5 Å². The Bertz CT molecular complexity index is 396. The summed E-state index contributed by atoms with van der Waals surface area (Å²) >= 11 is 3.53. The average Bonchev–Trinajstić information content (AvgIpc) is 2.78. The molecule has 0 aliphatic carbocycles. The lowest BCUT2D eigenvalue weighted by Gasteiger charge is -1.86. The molecule has 17 heavy (non-hydrogen) atoms. The first-order valence-electron chi connectivity index (χ1n) is 5.66. The zero-order valence-corrected chi connectivity index (χ0v) is 12.2. The summed E-state index contributed by atoms with van der Waals surface area (Å²) in [6.45, 7) is 7.55. The maximum absolute atomic E-state index is 8.81. The predicted molar refractivity (Wildman–Crippen MR) is 81.0 cm³/mol. The molecule has 0 radical (unpaired) electrons. The Morgan fingerprint density at radius 2 is 1.65 bits per heavy atom. The van der Waals surface area contributed by atoms with Crippen LogP contribution in [0.25, 0.3) is 10.9 Å². The van der Waals surface area contributed by atoms with E-state index < -0.39 is 0 Å². The van der Waals surface area contributed by atoms with Crippen molar-refractivity contribution < 1.29 is 4.79 Å². The van der Waals surface area contributed by atoms with Crippen molar-refractivity contribution in [1.29, 1.82) is 0 Å². The van der Waals surface area contributed by atoms with Crippen LogP contribution in [-0.4, -0.2) is 17.5 Å². The SMILES string of the molecule is CC.CC=O.CS.Cc1c[nH]c2ccccc12. The summed E-state index contributed by atoms with van der Waals surface area (Å²) in [7, 11) is 0. The number of aryl methyl sites for hydroxylation is 1. The molecular formula is C14H23NOS. The minimum Gasteiger partial charge on any atom is -0.361 e. The highest BCUT2D eigenvalue weighted by Gasteiger charge is 1.94. The molecule has 1 heterocycles. The van der Waals surface area contributed by atoms with Crippen LogP contribution < -0.4 is 0 Å². The standard InChI is InChI=1S/C9H9N.C2H4O.C2H6.CH4S/c1-7-6-10-9-5-3-2-4-8(7)9;1-2-3;2*1-2/h2-6,10H,1H3;2H,1H3;1-2H3;2H,1H3. The number of para-hydroxylation sites is 1. The van der Waals surface area contributed by atoms with Gasteiger partial charge in [0.25, 0.3) is 0 Å². The van der Waals surface area contributed by atoms with E-state index in [0.717, 1.165) is 6.29 Å². The number of nitrogens with one attached hydrogen (secondary N) is 1. The van der Waals surface area contributed by atoms with E-state index in [9.17, 15) is 0 Å². The number of carbonyl (C=O) groups excluding carboxylic acids is 1. The lowest BCUT2D eigenvalue weighted by Crippen LogP contribution is -1.64. The zero-order valence-electron chi connectivity index (χ0n) is 11.3. The minimum atomic E-state index is 0.750. The third-order valence-electron chi connectivity index (χ3n) is 1.80. The van der Waals surface area contributed by atoms with E-state index in [1.807, 2.05) is 26.1 Å². The molecule has 0 unspecified atom stereocenters. The first-order chi connectivity index (χ1) is 8.29. The number of fused-ring (bicyclic) bond motifs is 1. The lowest BCUT2D eigenvalue weighted by molar-refractivity contribution is -0.106. The summed E-state index contributed by atoms with van der Waals surface area (Å²) in [6.07, 6.45) is 4.48. The molecule has 0 aliphatic heterocycles. The van der Waals surface area contributed by atoms with Crippen LogP contribution in [0.5, 0.6) is 0 Å². The highest BCUT2D eigenvalue weighted by atomic mass is 32.1. The predicted octanol–water partition coefficient (Wildman–Crippen LogP) is 4.25. The summed E-state index contributed by atoms with van der Waals surface area (Å²) in [6, 6.07) is 8.31. The molecule has 0 spiro atoms. The van der Waals surface area contributed by atoms with E-state index in [0.29, 0.717) is 0 Å². The van der Waals surface area contributed by atoms with Gasteiger partial charge in [0.05, 0.1) is 0 Å². The van der Waals surface area contributed by atoms with Crippen molar-refractivity contribution >= 4 is 29.8 Å². The molecule has 2 nitrogen and oxygen atoms in total. The van der Waals surface area contributed by atoms with Crippen molar-refractivity contribution in [3.05, 3.63) is 36.0 Å². The average molecular weight is 253 g/mol. The first kappa shape index (κ1) is 18.2. The third-order valence-corrected chi connectivity index (χ3v) is 1.80. The normalized spacial score (nSPS) is 7.65. The second-order valence-electron chi connectivity index (χ2n) is 2.75. The number of benzene rings is 1. The Labute approximate surface area is 110 Å². The van der Waals surface area contributed by atoms with Gasteiger partial charge in [-0.1, -0.05) is 32.0 Å². The number of hydrogen-bond donors (Lipinski definition) is 2. The Balaban J connectivity index is 0. The smallest absolute Gasteiger partial charge is 0.116 e. The first-order valence-corrected chi connectivity index (χ1v) is 6.56. The Morgan fingerprint density at radius 1 is 1.18 bits per heavy atom. The van der Waals surface area contributed by atoms with Crippen molar-refractivity contribution in [2.45, 2.75) is 27.7 Å². The van der Waals surface area contributed by atoms with E-state index in [-0.39, 0.29) is 0 Å². The van der Waals surface area contributed by atoms with Gasteiger partial charge in [-0.3, -0.25) is 0 Å². The second-order valence-corrected chi connectivity index (χ2v) is 2.75. The number of H-pyrrole nitrogens is 1. The molecule has 0 fully saturated rings. The monoisotopic (exact) mass is 253 g/mol. The van der Waals surface area contributed by atoms with Gasteiger partial charge in [0.2, 0.25) is 0 Å². The van der Waals surface area contributed by atoms with Crippen molar-refractivity contribution in [3.63, 3.8) is 0 Å². The van der Waals surface area contributed by atoms with Crippen LogP contribution in [0.1, 0.15) is 26.3 Å². The Hall–Kier alpha value is -1.22. The van der Waals surface area contributed by atoms with Crippen LogP contribution in [-0.2, 0) is 4.79 Å². The molecule has 0 aliphatic rings. The molecule has 2 rings (SSSR count). The van der Waals surface area contributed by atoms with Crippen LogP contribution in [0.2, 0.25) is 0 Å². The van der Waals surface area contributed by atoms with Crippen molar-refractivity contribution in [3.8, 4) is 0 Å². The largest absolute Gasteiger partial charge is 0.361 e. The molecule has 1 aromatic heterocycles. The molecule has 0 amide bonds. The quantitative estimate of drug-likeness (QED) is 0.534. The number of aldehydes is 1. The molecule has 1 N–H and O–H groups in total. The Morgan fingerprint density at radius 3 is 2.12 bits per heavy atom. The van der Waals surface area contributed by atoms with Gasteiger partial charge >= 0.3 is 0 Å². The zero-order chi connectivity index (χ0) is 13.7. The Kier molecular flexibility index (Phi) is 13.7. The molecule has 3 heteroatoms. The summed E-state index contributed by atoms with van der Waals surface area (Å²) in [4.78, 5) is 12.0. The van der Waals surface area contributed by atoms with Gasteiger partial charge in [-0.05, 0) is 31.7 Å². The van der Waals surface area contributed by atoms with E-state index in [1.165, 1.54) is 23.4 Å². The molecule has 96 valence electrons. The number of aromatic amines is 1. The van der Waals surface area contributed by atoms with E-state index in [1.54, 1.807) is 6.26 Å². The summed E-state index contributed by atoms with van der Waals surface area (Å²) in [5.74, 6) is 0. The van der Waals surface area contributed by atoms with Gasteiger partial charge in [0, 0.05) is 17.1 Å². The topological polar surface area (TPSA) is 32.9 Å². The molecule has 0 saturated heterocycles. The molecule has 0 atom stereocenters. The molecule has 1 aromatic carbocycles. The molecule has 0 bridgehead atoms. The van der Waals surface area contributed by atoms with Gasteiger partial charge in [0.15, 0.2) is 0 Å². The van der Waals surface area contributed by atoms with Gasteiger partial charge < -0.3 is 9.78 Å². The molecular weight excluding hydrogens is 230 g/mol. The third kappa shape index (κ3) is 6.84. The van der Waals surface area contributed by atoms with Crippen LogP contribution in [0.3, 0.4) is 0 Å². The number of aromatic nitrogens is 1. The fraction of sp³-hybridized carbons (Fsp3) is 0.357. The van der Waals surface area contributed by atoms with Gasteiger partial charge in [-0.25, -0.2) is 0 Å². The summed E-state index contributed by atoms with van der Waals surface area (Å²) < 4.78 is 0. The highest BCUT2D eigenvalue weighted by molar-refractivity contribution is 7.79. The minimum absolute atomic E-state index is 0.750. The molecule has 0 saturated carbocycles. The summed E-state index contributed by atoms with van der Waals surface area (Å²) in [5, 5.41) is 1.32. The van der Waals surface area contributed by atoms with E-state index in [2.05, 4.69) is 42.7 Å². The van der Waals surface area contributed by atoms with Gasteiger partial charge in [0.1, 0.15) is 6.29 Å². The lowest BCUT2D eigenvalue weighted by atomic mass is 10.2. The highest BCUT2D eigenvalue weighted by Crippen LogP contribution is 2.15. The number of thiol groups is 1. The maximum atomic E-state index is 8.81. The van der Waals surface area contributed by atoms with Crippen molar-refractivity contribution in [2.75, 3.05) is 6.26 Å². The fourth-order valence-corrected chi connectivity index (χ4v) is 1.22. The van der Waals surface area contributed by atoms with Gasteiger partial charge in [-0.15, -0.1) is 0 Å². The van der Waals surface area contributed by atoms with Crippen LogP contribution >= 0.6 is 12.6 Å². The number of carbonyl (C=O) groups is 1. The summed E-state index contributed by atoms with van der Waals surface area (Å²) in [5.41, 5.74) is 2.54. The van der Waals surface area contributed by atoms with Crippen molar-refractivity contribution in [1.82, 2.24) is 4.98 Å². The number of rotatable bonds is 0. The van der Waals surface area contributed by atoms with Crippen molar-refractivity contribution in [2.24, 2.45) is 0 Å².